The van der Waals surface area contributed by atoms with E-state index in [1.54, 1.807) is 13.5 Å². The molecule has 4 nitrogen and oxygen atoms in total. The Bertz CT molecular complexity index is 265. The van der Waals surface area contributed by atoms with Crippen LogP contribution >= 0.6 is 0 Å². The summed E-state index contributed by atoms with van der Waals surface area (Å²) in [7, 11) is -2.40. The van der Waals surface area contributed by atoms with Crippen molar-refractivity contribution < 1.29 is 19.1 Å². The molecule has 0 aliphatic heterocycles. The number of esters is 1. The second-order valence-corrected chi connectivity index (χ2v) is 7.75. The molecule has 0 amide bonds. The summed E-state index contributed by atoms with van der Waals surface area (Å²) in [6.45, 7) is 6.71. The Balaban J connectivity index is 3.88. The zero-order valence-electron chi connectivity index (χ0n) is 9.12. The molecule has 0 radical (unpaired) electrons. The fourth-order valence-electron chi connectivity index (χ4n) is 1.00. The molecule has 0 saturated carbocycles. The van der Waals surface area contributed by atoms with Crippen LogP contribution in [0.25, 0.3) is 0 Å². The number of hydrogen-bond acceptors (Lipinski definition) is 4. The van der Waals surface area contributed by atoms with Crippen LogP contribution in [0.2, 0.25) is 12.6 Å². The standard InChI is InChI=1S/C10H16O4Si/c1-9(2)14-10(13)5-4-6-15(3,7-11)8-12/h7-8H,1,4-6H2,2-3H3. The Labute approximate surface area is 90.3 Å². The third-order valence-electron chi connectivity index (χ3n) is 1.92. The summed E-state index contributed by atoms with van der Waals surface area (Å²) < 4.78 is 4.74. The summed E-state index contributed by atoms with van der Waals surface area (Å²) in [5.74, 6) is 1.47. The molecule has 0 rings (SSSR count). The third kappa shape index (κ3) is 5.95. The first kappa shape index (κ1) is 13.8. The highest BCUT2D eigenvalue weighted by molar-refractivity contribution is 7.17. The van der Waals surface area contributed by atoms with Gasteiger partial charge in [-0.15, -0.1) is 0 Å². The van der Waals surface area contributed by atoms with Gasteiger partial charge in [0.25, 0.3) is 0 Å². The molecule has 5 heteroatoms. The van der Waals surface area contributed by atoms with Crippen molar-refractivity contribution in [3.05, 3.63) is 12.3 Å². The summed E-state index contributed by atoms with van der Waals surface area (Å²) in [6.07, 6.45) is 0.726. The van der Waals surface area contributed by atoms with E-state index < -0.39 is 8.07 Å². The molecule has 0 heterocycles. The van der Waals surface area contributed by atoms with E-state index in [1.165, 1.54) is 0 Å². The number of carbonyl (C=O) groups excluding carboxylic acids is 3. The predicted octanol–water partition coefficient (Wildman–Crippen LogP) is 1.47. The van der Waals surface area contributed by atoms with E-state index in [-0.39, 0.29) is 12.4 Å². The first-order chi connectivity index (χ1) is 6.93. The molecule has 0 spiro atoms. The van der Waals surface area contributed by atoms with E-state index in [9.17, 15) is 14.4 Å². The molecule has 0 aromatic rings. The number of ether oxygens (including phenoxy) is 1. The Hall–Kier alpha value is -1.23. The molecule has 0 aromatic heterocycles. The lowest BCUT2D eigenvalue weighted by Gasteiger charge is -2.10. The van der Waals surface area contributed by atoms with Gasteiger partial charge in [0.2, 0.25) is 0 Å². The minimum absolute atomic E-state index is 0.219. The number of rotatable bonds is 7. The normalized spacial score (nSPS) is 10.5. The van der Waals surface area contributed by atoms with Crippen LogP contribution in [0, 0.1) is 0 Å². The topological polar surface area (TPSA) is 60.4 Å². The number of allylic oxidation sites excluding steroid dienone is 1. The average Bonchev–Trinajstić information content (AvgIpc) is 2.16. The minimum Gasteiger partial charge on any atom is -0.432 e. The third-order valence-corrected chi connectivity index (χ3v) is 4.43. The first-order valence-corrected chi connectivity index (χ1v) is 7.58. The fourth-order valence-corrected chi connectivity index (χ4v) is 2.23. The smallest absolute Gasteiger partial charge is 0.310 e. The Kier molecular flexibility index (Phi) is 5.77. The summed E-state index contributed by atoms with van der Waals surface area (Å²) in [6, 6.07) is 0.491. The van der Waals surface area contributed by atoms with Gasteiger partial charge >= 0.3 is 5.97 Å². The maximum atomic E-state index is 11.1. The van der Waals surface area contributed by atoms with Gasteiger partial charge in [-0.05, 0) is 19.4 Å². The van der Waals surface area contributed by atoms with Crippen molar-refractivity contribution >= 4 is 25.9 Å². The van der Waals surface area contributed by atoms with Crippen LogP contribution in [0.15, 0.2) is 12.3 Å². The molecule has 0 saturated heterocycles. The molecule has 84 valence electrons. The van der Waals surface area contributed by atoms with E-state index in [2.05, 4.69) is 6.58 Å². The highest BCUT2D eigenvalue weighted by Crippen LogP contribution is 2.10. The van der Waals surface area contributed by atoms with Crippen molar-refractivity contribution in [1.29, 1.82) is 0 Å². The Morgan fingerprint density at radius 2 is 1.93 bits per heavy atom. The van der Waals surface area contributed by atoms with Crippen molar-refractivity contribution in [3.8, 4) is 0 Å². The number of carbonyl (C=O) groups is 3. The SMILES string of the molecule is C=C(C)OC(=O)CCC[Si](C)(C=O)C=O. The average molecular weight is 228 g/mol. The fraction of sp³-hybridized carbons (Fsp3) is 0.500. The lowest BCUT2D eigenvalue weighted by atomic mass is 10.3. The summed E-state index contributed by atoms with van der Waals surface area (Å²) in [5.41, 5.74) is 0. The van der Waals surface area contributed by atoms with Gasteiger partial charge in [-0.3, -0.25) is 4.79 Å². The Morgan fingerprint density at radius 3 is 2.33 bits per heavy atom. The van der Waals surface area contributed by atoms with Crippen LogP contribution in [0.5, 0.6) is 0 Å². The molecule has 15 heavy (non-hydrogen) atoms. The molecule has 0 bridgehead atoms. The highest BCUT2D eigenvalue weighted by atomic mass is 28.3. The van der Waals surface area contributed by atoms with Crippen molar-refractivity contribution in [2.75, 3.05) is 0 Å². The summed E-state index contributed by atoms with van der Waals surface area (Å²) in [4.78, 5) is 32.3. The maximum Gasteiger partial charge on any atom is 0.310 e. The molecule has 0 N–H and O–H groups in total. The monoisotopic (exact) mass is 228 g/mol. The van der Waals surface area contributed by atoms with Crippen LogP contribution in [0.4, 0.5) is 0 Å². The van der Waals surface area contributed by atoms with E-state index in [1.807, 2.05) is 0 Å². The second-order valence-electron chi connectivity index (χ2n) is 3.77. The van der Waals surface area contributed by atoms with Crippen LogP contribution in [0.1, 0.15) is 19.8 Å². The quantitative estimate of drug-likeness (QED) is 0.286. The van der Waals surface area contributed by atoms with Crippen molar-refractivity contribution in [2.24, 2.45) is 0 Å². The first-order valence-electron chi connectivity index (χ1n) is 4.72. The van der Waals surface area contributed by atoms with E-state index >= 15 is 0 Å². The van der Waals surface area contributed by atoms with Crippen LogP contribution in [0.3, 0.4) is 0 Å². The predicted molar refractivity (Wildman–Crippen MR) is 60.1 cm³/mol. The van der Waals surface area contributed by atoms with Gasteiger partial charge in [-0.25, -0.2) is 0 Å². The zero-order valence-corrected chi connectivity index (χ0v) is 10.1. The van der Waals surface area contributed by atoms with Gasteiger partial charge in [-0.2, -0.15) is 0 Å². The van der Waals surface area contributed by atoms with Crippen molar-refractivity contribution in [2.45, 2.75) is 32.4 Å². The van der Waals surface area contributed by atoms with Crippen LogP contribution in [-0.2, 0) is 19.1 Å². The van der Waals surface area contributed by atoms with Gasteiger partial charge in [-0.1, -0.05) is 13.1 Å². The lowest BCUT2D eigenvalue weighted by Crippen LogP contribution is -2.35. The largest absolute Gasteiger partial charge is 0.432 e. The molecule has 0 aliphatic rings. The minimum atomic E-state index is -2.40. The van der Waals surface area contributed by atoms with E-state index in [4.69, 9.17) is 4.74 Å². The molecule has 0 atom stereocenters. The second kappa shape index (κ2) is 6.29. The van der Waals surface area contributed by atoms with Gasteiger partial charge in [0.1, 0.15) is 11.8 Å². The zero-order chi connectivity index (χ0) is 11.9. The molecular formula is C10H16O4Si. The van der Waals surface area contributed by atoms with Crippen LogP contribution in [-0.4, -0.2) is 25.9 Å². The molecule has 0 unspecified atom stereocenters. The molecule has 0 fully saturated rings. The lowest BCUT2D eigenvalue weighted by molar-refractivity contribution is -0.139. The van der Waals surface area contributed by atoms with Crippen molar-refractivity contribution in [1.82, 2.24) is 0 Å². The van der Waals surface area contributed by atoms with Gasteiger partial charge in [0, 0.05) is 6.42 Å². The van der Waals surface area contributed by atoms with Crippen molar-refractivity contribution in [3.63, 3.8) is 0 Å². The molecule has 0 aliphatic carbocycles. The van der Waals surface area contributed by atoms with Gasteiger partial charge in [0.15, 0.2) is 8.07 Å². The van der Waals surface area contributed by atoms with Crippen LogP contribution < -0.4 is 0 Å². The highest BCUT2D eigenvalue weighted by Gasteiger charge is 2.26. The summed E-state index contributed by atoms with van der Waals surface area (Å²) >= 11 is 0. The van der Waals surface area contributed by atoms with E-state index in [0.29, 0.717) is 18.2 Å². The molecular weight excluding hydrogens is 212 g/mol. The molecule has 0 aromatic carbocycles. The van der Waals surface area contributed by atoms with Gasteiger partial charge in [0.05, 0.1) is 5.76 Å². The maximum absolute atomic E-state index is 11.1. The summed E-state index contributed by atoms with van der Waals surface area (Å²) in [5, 5.41) is 0. The van der Waals surface area contributed by atoms with E-state index in [0.717, 1.165) is 11.8 Å². The number of hydrogen-bond donors (Lipinski definition) is 0. The van der Waals surface area contributed by atoms with Gasteiger partial charge < -0.3 is 14.3 Å². The Morgan fingerprint density at radius 1 is 1.40 bits per heavy atom.